The Morgan fingerprint density at radius 2 is 1.64 bits per heavy atom. The number of nitrogens with one attached hydrogen (secondary N) is 3. The van der Waals surface area contributed by atoms with Crippen LogP contribution >= 0.6 is 12.2 Å². The monoisotopic (exact) mass is 395 g/mol. The number of rotatable bonds is 6. The van der Waals surface area contributed by atoms with Gasteiger partial charge in [0.15, 0.2) is 10.6 Å². The molecule has 0 aliphatic heterocycles. The normalized spacial score (nSPS) is 10.5. The molecular weight excluding hydrogens is 374 g/mol. The first-order chi connectivity index (χ1) is 13.4. The summed E-state index contributed by atoms with van der Waals surface area (Å²) in [4.78, 5) is 23.4. The van der Waals surface area contributed by atoms with Gasteiger partial charge in [0.2, 0.25) is 11.8 Å². The minimum absolute atomic E-state index is 0.134. The third-order valence-electron chi connectivity index (χ3n) is 4.12. The quantitative estimate of drug-likeness (QED) is 0.552. The van der Waals surface area contributed by atoms with E-state index in [1.807, 2.05) is 35.8 Å². The van der Waals surface area contributed by atoms with Crippen molar-refractivity contribution in [2.75, 3.05) is 10.6 Å². The summed E-state index contributed by atoms with van der Waals surface area (Å²) in [6.45, 7) is 3.88. The molecule has 0 fully saturated rings. The van der Waals surface area contributed by atoms with Crippen LogP contribution in [0.15, 0.2) is 48.5 Å². The standard InChI is InChI=1S/C20H21N5O2S/c1-13-3-5-15(6-4-13)19-23-24-20(28)25(19)12-11-18(27)22-17-9-7-16(8-10-17)21-14(2)26/h3-10H,11-12H2,1-2H3,(H,21,26)(H,22,27)(H,24,28). The summed E-state index contributed by atoms with van der Waals surface area (Å²) in [7, 11) is 0. The third kappa shape index (κ3) is 4.92. The first-order valence-corrected chi connectivity index (χ1v) is 9.23. The second kappa shape index (κ2) is 8.62. The number of aromatic amines is 1. The van der Waals surface area contributed by atoms with Gasteiger partial charge in [0.1, 0.15) is 0 Å². The molecule has 1 heterocycles. The molecule has 0 unspecified atom stereocenters. The molecule has 144 valence electrons. The largest absolute Gasteiger partial charge is 0.326 e. The van der Waals surface area contributed by atoms with E-state index in [1.165, 1.54) is 6.92 Å². The van der Waals surface area contributed by atoms with Gasteiger partial charge in [-0.3, -0.25) is 19.3 Å². The molecule has 7 nitrogen and oxygen atoms in total. The molecule has 0 saturated heterocycles. The third-order valence-corrected chi connectivity index (χ3v) is 4.43. The van der Waals surface area contributed by atoms with Gasteiger partial charge in [-0.2, -0.15) is 5.10 Å². The van der Waals surface area contributed by atoms with E-state index in [2.05, 4.69) is 20.8 Å². The van der Waals surface area contributed by atoms with Gasteiger partial charge in [0, 0.05) is 36.8 Å². The lowest BCUT2D eigenvalue weighted by Crippen LogP contribution is -2.15. The van der Waals surface area contributed by atoms with E-state index in [-0.39, 0.29) is 18.2 Å². The van der Waals surface area contributed by atoms with Crippen LogP contribution in [0.3, 0.4) is 0 Å². The Balaban J connectivity index is 1.63. The Kier molecular flexibility index (Phi) is 6.00. The average molecular weight is 395 g/mol. The number of H-pyrrole nitrogens is 1. The molecule has 0 radical (unpaired) electrons. The van der Waals surface area contributed by atoms with Crippen LogP contribution < -0.4 is 10.6 Å². The Labute approximate surface area is 167 Å². The van der Waals surface area contributed by atoms with Crippen LogP contribution in [0.4, 0.5) is 11.4 Å². The lowest BCUT2D eigenvalue weighted by molar-refractivity contribution is -0.116. The van der Waals surface area contributed by atoms with E-state index in [1.54, 1.807) is 24.3 Å². The fraction of sp³-hybridized carbons (Fsp3) is 0.200. The van der Waals surface area contributed by atoms with E-state index in [9.17, 15) is 9.59 Å². The molecule has 0 aliphatic rings. The highest BCUT2D eigenvalue weighted by atomic mass is 32.1. The van der Waals surface area contributed by atoms with Gasteiger partial charge in [0.25, 0.3) is 0 Å². The van der Waals surface area contributed by atoms with Crippen molar-refractivity contribution in [3.8, 4) is 11.4 Å². The van der Waals surface area contributed by atoms with Crippen molar-refractivity contribution >= 4 is 35.4 Å². The predicted octanol–water partition coefficient (Wildman–Crippen LogP) is 3.90. The maximum atomic E-state index is 12.3. The molecular formula is C20H21N5O2S. The van der Waals surface area contributed by atoms with Gasteiger partial charge >= 0.3 is 0 Å². The van der Waals surface area contributed by atoms with Crippen LogP contribution in [-0.2, 0) is 16.1 Å². The Morgan fingerprint density at radius 1 is 1.04 bits per heavy atom. The maximum Gasteiger partial charge on any atom is 0.226 e. The zero-order valence-corrected chi connectivity index (χ0v) is 16.5. The summed E-state index contributed by atoms with van der Waals surface area (Å²) in [5.74, 6) is 0.431. The van der Waals surface area contributed by atoms with Gasteiger partial charge in [-0.1, -0.05) is 29.8 Å². The Hall–Kier alpha value is -3.26. The van der Waals surface area contributed by atoms with E-state index >= 15 is 0 Å². The first-order valence-electron chi connectivity index (χ1n) is 8.82. The van der Waals surface area contributed by atoms with Crippen molar-refractivity contribution in [3.05, 3.63) is 58.9 Å². The molecule has 2 aromatic carbocycles. The van der Waals surface area contributed by atoms with Gasteiger partial charge < -0.3 is 10.6 Å². The van der Waals surface area contributed by atoms with E-state index in [0.717, 1.165) is 11.1 Å². The molecule has 3 rings (SSSR count). The molecule has 0 atom stereocenters. The van der Waals surface area contributed by atoms with E-state index in [0.29, 0.717) is 28.5 Å². The van der Waals surface area contributed by atoms with Crippen LogP contribution in [0.1, 0.15) is 18.9 Å². The topological polar surface area (TPSA) is 91.8 Å². The number of carbonyl (C=O) groups is 2. The molecule has 3 aromatic rings. The first kappa shape index (κ1) is 19.5. The van der Waals surface area contributed by atoms with Gasteiger partial charge in [-0.05, 0) is 43.4 Å². The van der Waals surface area contributed by atoms with E-state index < -0.39 is 0 Å². The van der Waals surface area contributed by atoms with Crippen molar-refractivity contribution in [2.24, 2.45) is 0 Å². The van der Waals surface area contributed by atoms with Crippen molar-refractivity contribution in [1.29, 1.82) is 0 Å². The zero-order chi connectivity index (χ0) is 20.1. The molecule has 0 spiro atoms. The van der Waals surface area contributed by atoms with Gasteiger partial charge in [-0.15, -0.1) is 0 Å². The van der Waals surface area contributed by atoms with Gasteiger partial charge in [-0.25, -0.2) is 0 Å². The lowest BCUT2D eigenvalue weighted by Gasteiger charge is -2.09. The number of hydrogen-bond donors (Lipinski definition) is 3. The molecule has 1 aromatic heterocycles. The van der Waals surface area contributed by atoms with Crippen molar-refractivity contribution < 1.29 is 9.59 Å². The van der Waals surface area contributed by atoms with Crippen LogP contribution in [-0.4, -0.2) is 26.6 Å². The highest BCUT2D eigenvalue weighted by Crippen LogP contribution is 2.19. The number of anilines is 2. The molecule has 0 saturated carbocycles. The van der Waals surface area contributed by atoms with Gasteiger partial charge in [0.05, 0.1) is 0 Å². The highest BCUT2D eigenvalue weighted by molar-refractivity contribution is 7.71. The van der Waals surface area contributed by atoms with Crippen LogP contribution in [0.25, 0.3) is 11.4 Å². The number of aromatic nitrogens is 3. The predicted molar refractivity (Wildman–Crippen MR) is 112 cm³/mol. The SMILES string of the molecule is CC(=O)Nc1ccc(NC(=O)CCn2c(-c3ccc(C)cc3)n[nH]c2=S)cc1. The maximum absolute atomic E-state index is 12.3. The van der Waals surface area contributed by atoms with Crippen LogP contribution in [0.5, 0.6) is 0 Å². The van der Waals surface area contributed by atoms with E-state index in [4.69, 9.17) is 12.2 Å². The summed E-state index contributed by atoms with van der Waals surface area (Å²) in [5, 5.41) is 12.6. The second-order valence-electron chi connectivity index (χ2n) is 6.43. The zero-order valence-electron chi connectivity index (χ0n) is 15.7. The lowest BCUT2D eigenvalue weighted by atomic mass is 10.1. The smallest absolute Gasteiger partial charge is 0.226 e. The van der Waals surface area contributed by atoms with Crippen LogP contribution in [0.2, 0.25) is 0 Å². The molecule has 2 amide bonds. The number of hydrogen-bond acceptors (Lipinski definition) is 4. The summed E-state index contributed by atoms with van der Waals surface area (Å²) in [6.07, 6.45) is 0.250. The van der Waals surface area contributed by atoms with Crippen molar-refractivity contribution in [2.45, 2.75) is 26.8 Å². The molecule has 3 N–H and O–H groups in total. The van der Waals surface area contributed by atoms with Crippen LogP contribution in [0, 0.1) is 11.7 Å². The fourth-order valence-corrected chi connectivity index (χ4v) is 2.95. The number of amides is 2. The number of benzene rings is 2. The number of nitrogens with zero attached hydrogens (tertiary/aromatic N) is 2. The number of carbonyl (C=O) groups excluding carboxylic acids is 2. The summed E-state index contributed by atoms with van der Waals surface area (Å²) in [6, 6.07) is 14.9. The Bertz CT molecular complexity index is 1040. The highest BCUT2D eigenvalue weighted by Gasteiger charge is 2.11. The minimum atomic E-state index is -0.141. The Morgan fingerprint density at radius 3 is 2.25 bits per heavy atom. The second-order valence-corrected chi connectivity index (χ2v) is 6.81. The summed E-state index contributed by atoms with van der Waals surface area (Å²) in [5.41, 5.74) is 3.44. The molecule has 0 bridgehead atoms. The minimum Gasteiger partial charge on any atom is -0.326 e. The molecule has 8 heteroatoms. The molecule has 28 heavy (non-hydrogen) atoms. The molecule has 0 aliphatic carbocycles. The van der Waals surface area contributed by atoms with Crippen molar-refractivity contribution in [1.82, 2.24) is 14.8 Å². The summed E-state index contributed by atoms with van der Waals surface area (Å²) < 4.78 is 2.29. The van der Waals surface area contributed by atoms with Crippen molar-refractivity contribution in [3.63, 3.8) is 0 Å². The summed E-state index contributed by atoms with van der Waals surface area (Å²) >= 11 is 5.31. The fourth-order valence-electron chi connectivity index (χ4n) is 2.73. The number of aryl methyl sites for hydroxylation is 1. The average Bonchev–Trinajstić information content (AvgIpc) is 3.02.